The smallest absolute Gasteiger partial charge is 0.256 e. The van der Waals surface area contributed by atoms with Crippen LogP contribution in [0.2, 0.25) is 0 Å². The summed E-state index contributed by atoms with van der Waals surface area (Å²) in [5.41, 5.74) is 6.20. The predicted octanol–water partition coefficient (Wildman–Crippen LogP) is 1.88. The summed E-state index contributed by atoms with van der Waals surface area (Å²) < 4.78 is 13.6. The van der Waals surface area contributed by atoms with Crippen LogP contribution in [0.1, 0.15) is 22.3 Å². The third-order valence-corrected chi connectivity index (χ3v) is 2.60. The maximum atomic E-state index is 13.6. The highest BCUT2D eigenvalue weighted by Crippen LogP contribution is 2.12. The van der Waals surface area contributed by atoms with E-state index in [-0.39, 0.29) is 11.5 Å². The zero-order valence-electron chi connectivity index (χ0n) is 9.87. The maximum Gasteiger partial charge on any atom is 0.256 e. The number of aryl methyl sites for hydroxylation is 1. The van der Waals surface area contributed by atoms with Gasteiger partial charge in [-0.3, -0.25) is 4.79 Å². The molecule has 0 fully saturated rings. The van der Waals surface area contributed by atoms with Gasteiger partial charge < -0.3 is 10.6 Å². The average molecular weight is 254 g/mol. The van der Waals surface area contributed by atoms with Crippen molar-refractivity contribution < 1.29 is 9.18 Å². The Labute approximate surface area is 105 Å². The topological polar surface area (TPSA) is 46.3 Å². The van der Waals surface area contributed by atoms with Gasteiger partial charge in [-0.25, -0.2) is 4.39 Å². The second-order valence-corrected chi connectivity index (χ2v) is 4.45. The number of carbonyl (C=O) groups is 1. The Kier molecular flexibility index (Phi) is 4.57. The molecule has 0 unspecified atom stereocenters. The molecule has 0 heterocycles. The Morgan fingerprint density at radius 2 is 2.18 bits per heavy atom. The summed E-state index contributed by atoms with van der Waals surface area (Å²) in [6, 6.07) is 4.54. The van der Waals surface area contributed by atoms with Crippen molar-refractivity contribution in [2.75, 3.05) is 13.6 Å². The SMILES string of the molecule is Cc1ccc(C(=O)N(C)CCC(N)=S)c(F)c1. The number of nitrogens with zero attached hydrogens (tertiary/aromatic N) is 1. The number of hydrogen-bond acceptors (Lipinski definition) is 2. The monoisotopic (exact) mass is 254 g/mol. The molecule has 2 N–H and O–H groups in total. The summed E-state index contributed by atoms with van der Waals surface area (Å²) >= 11 is 4.73. The number of nitrogens with two attached hydrogens (primary N) is 1. The van der Waals surface area contributed by atoms with Crippen LogP contribution in [0.25, 0.3) is 0 Å². The molecule has 0 aliphatic rings. The molecule has 1 aromatic rings. The van der Waals surface area contributed by atoms with E-state index in [4.69, 9.17) is 18.0 Å². The molecule has 1 amide bonds. The summed E-state index contributed by atoms with van der Waals surface area (Å²) in [6.45, 7) is 2.16. The fraction of sp³-hybridized carbons (Fsp3) is 0.333. The predicted molar refractivity (Wildman–Crippen MR) is 69.5 cm³/mol. The first-order valence-corrected chi connectivity index (χ1v) is 5.62. The number of amides is 1. The molecule has 1 aromatic carbocycles. The van der Waals surface area contributed by atoms with Crippen molar-refractivity contribution in [1.29, 1.82) is 0 Å². The van der Waals surface area contributed by atoms with E-state index in [9.17, 15) is 9.18 Å². The lowest BCUT2D eigenvalue weighted by Crippen LogP contribution is -2.30. The van der Waals surface area contributed by atoms with Crippen molar-refractivity contribution in [1.82, 2.24) is 4.90 Å². The maximum absolute atomic E-state index is 13.6. The summed E-state index contributed by atoms with van der Waals surface area (Å²) in [6.07, 6.45) is 0.436. The van der Waals surface area contributed by atoms with Crippen LogP contribution in [0.15, 0.2) is 18.2 Å². The highest BCUT2D eigenvalue weighted by Gasteiger charge is 2.15. The lowest BCUT2D eigenvalue weighted by Gasteiger charge is -2.17. The Hall–Kier alpha value is -1.49. The standard InChI is InChI=1S/C12H15FN2OS/c1-8-3-4-9(10(13)7-8)12(16)15(2)6-5-11(14)17/h3-4,7H,5-6H2,1-2H3,(H2,14,17). The third kappa shape index (κ3) is 3.78. The lowest BCUT2D eigenvalue weighted by molar-refractivity contribution is 0.0794. The van der Waals surface area contributed by atoms with Gasteiger partial charge in [0, 0.05) is 20.0 Å². The largest absolute Gasteiger partial charge is 0.393 e. The molecular formula is C12H15FN2OS. The van der Waals surface area contributed by atoms with E-state index in [1.165, 1.54) is 17.0 Å². The van der Waals surface area contributed by atoms with Crippen LogP contribution in [0, 0.1) is 12.7 Å². The van der Waals surface area contributed by atoms with Gasteiger partial charge in [0.1, 0.15) is 5.82 Å². The number of rotatable bonds is 4. The molecule has 92 valence electrons. The number of benzene rings is 1. The molecule has 0 saturated carbocycles. The second kappa shape index (κ2) is 5.72. The van der Waals surface area contributed by atoms with E-state index < -0.39 is 5.82 Å². The Morgan fingerprint density at radius 3 is 2.71 bits per heavy atom. The van der Waals surface area contributed by atoms with Gasteiger partial charge in [-0.15, -0.1) is 0 Å². The van der Waals surface area contributed by atoms with Crippen molar-refractivity contribution in [3.63, 3.8) is 0 Å². The van der Waals surface area contributed by atoms with Crippen LogP contribution in [0.4, 0.5) is 4.39 Å². The van der Waals surface area contributed by atoms with E-state index in [1.807, 2.05) is 0 Å². The van der Waals surface area contributed by atoms with E-state index >= 15 is 0 Å². The van der Waals surface area contributed by atoms with Gasteiger partial charge >= 0.3 is 0 Å². The summed E-state index contributed by atoms with van der Waals surface area (Å²) in [5, 5.41) is 0. The molecule has 0 saturated heterocycles. The number of thiocarbonyl (C=S) groups is 1. The fourth-order valence-corrected chi connectivity index (χ4v) is 1.47. The minimum absolute atomic E-state index is 0.0704. The molecule has 0 bridgehead atoms. The first-order chi connectivity index (χ1) is 7.91. The van der Waals surface area contributed by atoms with Gasteiger partial charge in [-0.1, -0.05) is 18.3 Å². The Balaban J connectivity index is 2.78. The third-order valence-electron chi connectivity index (χ3n) is 2.40. The quantitative estimate of drug-likeness (QED) is 0.835. The number of hydrogen-bond donors (Lipinski definition) is 1. The zero-order valence-corrected chi connectivity index (χ0v) is 10.7. The zero-order chi connectivity index (χ0) is 13.0. The van der Waals surface area contributed by atoms with E-state index in [1.54, 1.807) is 20.0 Å². The molecule has 5 heteroatoms. The first-order valence-electron chi connectivity index (χ1n) is 5.21. The number of halogens is 1. The molecule has 0 aliphatic heterocycles. The van der Waals surface area contributed by atoms with Crippen molar-refractivity contribution >= 4 is 23.1 Å². The van der Waals surface area contributed by atoms with E-state index in [0.29, 0.717) is 18.0 Å². The lowest BCUT2D eigenvalue weighted by atomic mass is 10.1. The second-order valence-electron chi connectivity index (χ2n) is 3.93. The van der Waals surface area contributed by atoms with Gasteiger partial charge in [-0.2, -0.15) is 0 Å². The first kappa shape index (κ1) is 13.6. The fourth-order valence-electron chi connectivity index (χ4n) is 1.38. The highest BCUT2D eigenvalue weighted by atomic mass is 32.1. The Bertz CT molecular complexity index is 448. The highest BCUT2D eigenvalue weighted by molar-refractivity contribution is 7.80. The minimum atomic E-state index is -0.503. The number of carbonyl (C=O) groups excluding carboxylic acids is 1. The van der Waals surface area contributed by atoms with E-state index in [0.717, 1.165) is 5.56 Å². The molecule has 0 radical (unpaired) electrons. The molecule has 1 rings (SSSR count). The molecule has 0 aliphatic carbocycles. The molecular weight excluding hydrogens is 239 g/mol. The van der Waals surface area contributed by atoms with Crippen molar-refractivity contribution in [2.24, 2.45) is 5.73 Å². The average Bonchev–Trinajstić information content (AvgIpc) is 2.25. The van der Waals surface area contributed by atoms with Gasteiger partial charge in [0.2, 0.25) is 0 Å². The minimum Gasteiger partial charge on any atom is -0.393 e. The molecule has 3 nitrogen and oxygen atoms in total. The van der Waals surface area contributed by atoms with Crippen LogP contribution in [0.5, 0.6) is 0 Å². The summed E-state index contributed by atoms with van der Waals surface area (Å²) in [5.74, 6) is -0.865. The summed E-state index contributed by atoms with van der Waals surface area (Å²) in [4.78, 5) is 13.6. The summed E-state index contributed by atoms with van der Waals surface area (Å²) in [7, 11) is 1.60. The van der Waals surface area contributed by atoms with E-state index in [2.05, 4.69) is 0 Å². The molecule has 0 aromatic heterocycles. The van der Waals surface area contributed by atoms with Gasteiger partial charge in [0.15, 0.2) is 0 Å². The van der Waals surface area contributed by atoms with Crippen LogP contribution in [0.3, 0.4) is 0 Å². The van der Waals surface area contributed by atoms with Gasteiger partial charge in [0.25, 0.3) is 5.91 Å². The molecule has 0 spiro atoms. The van der Waals surface area contributed by atoms with Crippen molar-refractivity contribution in [2.45, 2.75) is 13.3 Å². The Morgan fingerprint density at radius 1 is 1.53 bits per heavy atom. The van der Waals surface area contributed by atoms with Gasteiger partial charge in [0.05, 0.1) is 10.6 Å². The van der Waals surface area contributed by atoms with Crippen LogP contribution >= 0.6 is 12.2 Å². The van der Waals surface area contributed by atoms with Crippen LogP contribution in [-0.2, 0) is 0 Å². The normalized spacial score (nSPS) is 10.1. The van der Waals surface area contributed by atoms with Crippen molar-refractivity contribution in [3.8, 4) is 0 Å². The van der Waals surface area contributed by atoms with Gasteiger partial charge in [-0.05, 0) is 24.6 Å². The van der Waals surface area contributed by atoms with Crippen molar-refractivity contribution in [3.05, 3.63) is 35.1 Å². The molecule has 17 heavy (non-hydrogen) atoms. The van der Waals surface area contributed by atoms with Crippen LogP contribution < -0.4 is 5.73 Å². The molecule has 0 atom stereocenters. The van der Waals surface area contributed by atoms with Crippen LogP contribution in [-0.4, -0.2) is 29.4 Å².